The van der Waals surface area contributed by atoms with Gasteiger partial charge in [0.05, 0.1) is 31.4 Å². The Morgan fingerprint density at radius 3 is 2.55 bits per heavy atom. The van der Waals surface area contributed by atoms with Crippen molar-refractivity contribution >= 4 is 5.97 Å². The fourth-order valence-corrected chi connectivity index (χ4v) is 2.36. The molecule has 0 bridgehead atoms. The van der Waals surface area contributed by atoms with Crippen molar-refractivity contribution < 1.29 is 28.3 Å². The van der Waals surface area contributed by atoms with Gasteiger partial charge in [-0.05, 0) is 36.4 Å². The Bertz CT molecular complexity index is 1020. The molecule has 1 heterocycles. The van der Waals surface area contributed by atoms with E-state index in [1.807, 2.05) is 6.07 Å². The second-order valence-corrected chi connectivity index (χ2v) is 5.66. The zero-order chi connectivity index (χ0) is 20.6. The Morgan fingerprint density at radius 2 is 1.86 bits per heavy atom. The maximum atomic E-state index is 11.8. The molecule has 9 heteroatoms. The molecule has 0 radical (unpaired) electrons. The summed E-state index contributed by atoms with van der Waals surface area (Å²) in [7, 11) is 3.08. The average Bonchev–Trinajstić information content (AvgIpc) is 3.25. The summed E-state index contributed by atoms with van der Waals surface area (Å²) in [5.74, 6) is 1.42. The van der Waals surface area contributed by atoms with Crippen molar-refractivity contribution in [3.05, 3.63) is 53.9 Å². The van der Waals surface area contributed by atoms with Gasteiger partial charge >= 0.3 is 5.97 Å². The van der Waals surface area contributed by atoms with Crippen LogP contribution in [-0.4, -0.2) is 36.9 Å². The van der Waals surface area contributed by atoms with E-state index >= 15 is 0 Å². The van der Waals surface area contributed by atoms with Gasteiger partial charge in [0.15, 0.2) is 13.2 Å². The lowest BCUT2D eigenvalue weighted by Gasteiger charge is -2.07. The van der Waals surface area contributed by atoms with Gasteiger partial charge in [0, 0.05) is 6.07 Å². The molecule has 2 aromatic carbocycles. The summed E-state index contributed by atoms with van der Waals surface area (Å²) in [5, 5.41) is 12.6. The summed E-state index contributed by atoms with van der Waals surface area (Å²) in [6, 6.07) is 13.6. The third kappa shape index (κ3) is 5.01. The normalized spacial score (nSPS) is 10.1. The number of carbonyl (C=O) groups excluding carboxylic acids is 1. The van der Waals surface area contributed by atoms with Crippen LogP contribution in [0.5, 0.6) is 17.2 Å². The number of esters is 1. The summed E-state index contributed by atoms with van der Waals surface area (Å²) >= 11 is 0. The Labute approximate surface area is 166 Å². The van der Waals surface area contributed by atoms with E-state index in [9.17, 15) is 4.79 Å². The van der Waals surface area contributed by atoms with Crippen molar-refractivity contribution in [3.63, 3.8) is 0 Å². The maximum absolute atomic E-state index is 11.8. The summed E-state index contributed by atoms with van der Waals surface area (Å²) in [6.45, 7) is -0.486. The van der Waals surface area contributed by atoms with E-state index in [1.165, 1.54) is 7.11 Å². The third-order valence-electron chi connectivity index (χ3n) is 3.81. The van der Waals surface area contributed by atoms with Crippen LogP contribution in [-0.2, 0) is 16.1 Å². The molecule has 3 rings (SSSR count). The number of aromatic nitrogens is 2. The number of nitriles is 1. The standard InChI is InChI=1S/C20H17N3O6/c1-25-15-7-8-16(17(9-15)26-2)20-22-18(29-23-20)11-28-19(24)12-27-14-5-3-13(10-21)4-6-14/h3-9H,11-12H2,1-2H3. The molecule has 0 aliphatic rings. The van der Waals surface area contributed by atoms with Crippen LogP contribution in [0.2, 0.25) is 0 Å². The summed E-state index contributed by atoms with van der Waals surface area (Å²) < 4.78 is 26.0. The second-order valence-electron chi connectivity index (χ2n) is 5.66. The first-order valence-electron chi connectivity index (χ1n) is 8.46. The highest BCUT2D eigenvalue weighted by Gasteiger charge is 2.15. The number of methoxy groups -OCH3 is 2. The van der Waals surface area contributed by atoms with Crippen molar-refractivity contribution in [3.8, 4) is 34.7 Å². The summed E-state index contributed by atoms with van der Waals surface area (Å²) in [4.78, 5) is 16.0. The van der Waals surface area contributed by atoms with Gasteiger partial charge in [-0.3, -0.25) is 0 Å². The fourth-order valence-electron chi connectivity index (χ4n) is 2.36. The van der Waals surface area contributed by atoms with Crippen molar-refractivity contribution in [2.45, 2.75) is 6.61 Å². The van der Waals surface area contributed by atoms with Crippen LogP contribution in [0.3, 0.4) is 0 Å². The number of ether oxygens (including phenoxy) is 4. The molecule has 0 fully saturated rings. The Kier molecular flexibility index (Phi) is 6.27. The van der Waals surface area contributed by atoms with Gasteiger partial charge in [-0.1, -0.05) is 5.16 Å². The molecule has 0 spiro atoms. The van der Waals surface area contributed by atoms with Crippen LogP contribution in [0.25, 0.3) is 11.4 Å². The SMILES string of the molecule is COc1ccc(-c2noc(COC(=O)COc3ccc(C#N)cc3)n2)c(OC)c1. The highest BCUT2D eigenvalue weighted by atomic mass is 16.6. The van der Waals surface area contributed by atoms with Crippen LogP contribution in [0.15, 0.2) is 47.0 Å². The molecule has 0 saturated carbocycles. The zero-order valence-corrected chi connectivity index (χ0v) is 15.7. The van der Waals surface area contributed by atoms with Crippen LogP contribution in [0.4, 0.5) is 0 Å². The molecule has 0 aliphatic heterocycles. The van der Waals surface area contributed by atoms with Crippen molar-refractivity contribution in [1.29, 1.82) is 5.26 Å². The zero-order valence-electron chi connectivity index (χ0n) is 15.7. The molecule has 3 aromatic rings. The lowest BCUT2D eigenvalue weighted by atomic mass is 10.2. The fraction of sp³-hybridized carbons (Fsp3) is 0.200. The Morgan fingerprint density at radius 1 is 1.10 bits per heavy atom. The highest BCUT2D eigenvalue weighted by Crippen LogP contribution is 2.31. The molecule has 0 atom stereocenters. The van der Waals surface area contributed by atoms with Crippen LogP contribution < -0.4 is 14.2 Å². The van der Waals surface area contributed by atoms with E-state index in [-0.39, 0.29) is 19.1 Å². The minimum Gasteiger partial charge on any atom is -0.497 e. The van der Waals surface area contributed by atoms with Gasteiger partial charge in [0.2, 0.25) is 5.82 Å². The van der Waals surface area contributed by atoms with Crippen LogP contribution in [0, 0.1) is 11.3 Å². The summed E-state index contributed by atoms with van der Waals surface area (Å²) in [5.41, 5.74) is 1.11. The first kappa shape index (κ1) is 19.7. The summed E-state index contributed by atoms with van der Waals surface area (Å²) in [6.07, 6.45) is 0. The van der Waals surface area contributed by atoms with Crippen LogP contribution >= 0.6 is 0 Å². The van der Waals surface area contributed by atoms with Crippen molar-refractivity contribution in [2.75, 3.05) is 20.8 Å². The van der Waals surface area contributed by atoms with Gasteiger partial charge in [0.1, 0.15) is 17.2 Å². The highest BCUT2D eigenvalue weighted by molar-refractivity contribution is 5.71. The molecule has 0 amide bonds. The third-order valence-corrected chi connectivity index (χ3v) is 3.81. The lowest BCUT2D eigenvalue weighted by Crippen LogP contribution is -2.14. The van der Waals surface area contributed by atoms with E-state index in [0.29, 0.717) is 34.2 Å². The topological polar surface area (TPSA) is 117 Å². The Balaban J connectivity index is 1.55. The molecular formula is C20H17N3O6. The monoisotopic (exact) mass is 395 g/mol. The molecule has 148 valence electrons. The number of rotatable bonds is 8. The molecular weight excluding hydrogens is 378 g/mol. The largest absolute Gasteiger partial charge is 0.497 e. The van der Waals surface area contributed by atoms with Crippen LogP contribution in [0.1, 0.15) is 11.5 Å². The number of carbonyl (C=O) groups is 1. The maximum Gasteiger partial charge on any atom is 0.344 e. The first-order valence-corrected chi connectivity index (χ1v) is 8.46. The van der Waals surface area contributed by atoms with E-state index in [0.717, 1.165) is 0 Å². The first-order chi connectivity index (χ1) is 14.1. The van der Waals surface area contributed by atoms with Crippen molar-refractivity contribution in [1.82, 2.24) is 10.1 Å². The minimum atomic E-state index is -0.601. The molecule has 0 aliphatic carbocycles. The average molecular weight is 395 g/mol. The Hall–Kier alpha value is -4.06. The molecule has 0 unspecified atom stereocenters. The number of benzene rings is 2. The van der Waals surface area contributed by atoms with E-state index in [1.54, 1.807) is 49.6 Å². The smallest absolute Gasteiger partial charge is 0.344 e. The molecule has 0 N–H and O–H groups in total. The quantitative estimate of drug-likeness (QED) is 0.531. The van der Waals surface area contributed by atoms with E-state index in [4.69, 9.17) is 28.7 Å². The van der Waals surface area contributed by atoms with E-state index < -0.39 is 5.97 Å². The molecule has 0 saturated heterocycles. The van der Waals surface area contributed by atoms with E-state index in [2.05, 4.69) is 10.1 Å². The van der Waals surface area contributed by atoms with Gasteiger partial charge in [0.25, 0.3) is 5.89 Å². The predicted molar refractivity (Wildman–Crippen MR) is 99.3 cm³/mol. The predicted octanol–water partition coefficient (Wildman–Crippen LogP) is 2.75. The van der Waals surface area contributed by atoms with Gasteiger partial charge in [-0.2, -0.15) is 10.2 Å². The second kappa shape index (κ2) is 9.23. The van der Waals surface area contributed by atoms with Crippen molar-refractivity contribution in [2.24, 2.45) is 0 Å². The van der Waals surface area contributed by atoms with Gasteiger partial charge < -0.3 is 23.5 Å². The lowest BCUT2D eigenvalue weighted by molar-refractivity contribution is -0.148. The van der Waals surface area contributed by atoms with Gasteiger partial charge in [-0.15, -0.1) is 0 Å². The van der Waals surface area contributed by atoms with Gasteiger partial charge in [-0.25, -0.2) is 4.79 Å². The minimum absolute atomic E-state index is 0.129. The number of nitrogens with zero attached hydrogens (tertiary/aromatic N) is 3. The molecule has 29 heavy (non-hydrogen) atoms. The molecule has 9 nitrogen and oxygen atoms in total. The number of hydrogen-bond donors (Lipinski definition) is 0. The molecule has 1 aromatic heterocycles. The number of hydrogen-bond acceptors (Lipinski definition) is 9.